The summed E-state index contributed by atoms with van der Waals surface area (Å²) in [7, 11) is 0.552. The summed E-state index contributed by atoms with van der Waals surface area (Å²) in [5.74, 6) is 0.771. The zero-order valence-corrected chi connectivity index (χ0v) is 20.6. The highest BCUT2D eigenvalue weighted by molar-refractivity contribution is 7.89. The number of ether oxygens (including phenoxy) is 1. The maximum atomic E-state index is 12.8. The molecule has 1 aliphatic rings. The SMILES string of the molecule is Cc1cnc2[nH]c3c(OCCCN(C)C)ccc(-c4cccc(S(=O)(=O)NC5CC5)c4)c3c2c1. The molecule has 0 radical (unpaired) electrons. The minimum Gasteiger partial charge on any atom is -0.491 e. The van der Waals surface area contributed by atoms with E-state index >= 15 is 0 Å². The number of rotatable bonds is 9. The summed E-state index contributed by atoms with van der Waals surface area (Å²) in [6.45, 7) is 3.57. The number of sulfonamides is 1. The Balaban J connectivity index is 1.60. The van der Waals surface area contributed by atoms with Crippen molar-refractivity contribution >= 4 is 32.0 Å². The molecule has 1 fully saturated rings. The molecule has 2 heterocycles. The van der Waals surface area contributed by atoms with Crippen LogP contribution in [-0.2, 0) is 10.0 Å². The highest BCUT2D eigenvalue weighted by Gasteiger charge is 2.28. The van der Waals surface area contributed by atoms with E-state index in [4.69, 9.17) is 4.74 Å². The first-order valence-corrected chi connectivity index (χ1v) is 13.1. The summed E-state index contributed by atoms with van der Waals surface area (Å²) >= 11 is 0. The molecule has 0 atom stereocenters. The van der Waals surface area contributed by atoms with Gasteiger partial charge in [-0.05, 0) is 87.3 Å². The van der Waals surface area contributed by atoms with Crippen molar-refractivity contribution < 1.29 is 13.2 Å². The number of pyridine rings is 1. The minimum absolute atomic E-state index is 0.0620. The van der Waals surface area contributed by atoms with E-state index < -0.39 is 10.0 Å². The highest BCUT2D eigenvalue weighted by Crippen LogP contribution is 2.39. The highest BCUT2D eigenvalue weighted by atomic mass is 32.2. The number of H-pyrrole nitrogens is 1. The number of aromatic amines is 1. The van der Waals surface area contributed by atoms with E-state index in [1.54, 1.807) is 18.2 Å². The monoisotopic (exact) mass is 478 g/mol. The number of nitrogens with one attached hydrogen (secondary N) is 2. The van der Waals surface area contributed by atoms with Gasteiger partial charge in [0.05, 0.1) is 17.0 Å². The van der Waals surface area contributed by atoms with Crippen molar-refractivity contribution in [2.45, 2.75) is 37.1 Å². The Bertz CT molecular complexity index is 1460. The second-order valence-electron chi connectivity index (χ2n) is 9.32. The topological polar surface area (TPSA) is 87.3 Å². The third-order valence-corrected chi connectivity index (χ3v) is 7.58. The number of benzene rings is 2. The molecule has 178 valence electrons. The van der Waals surface area contributed by atoms with Gasteiger partial charge in [-0.1, -0.05) is 12.1 Å². The average Bonchev–Trinajstić information content (AvgIpc) is 3.53. The van der Waals surface area contributed by atoms with Gasteiger partial charge in [0.25, 0.3) is 0 Å². The summed E-state index contributed by atoms with van der Waals surface area (Å²) in [6.07, 6.45) is 4.56. The van der Waals surface area contributed by atoms with E-state index in [0.717, 1.165) is 70.2 Å². The van der Waals surface area contributed by atoms with Gasteiger partial charge in [-0.15, -0.1) is 0 Å². The molecule has 8 heteroatoms. The molecule has 7 nitrogen and oxygen atoms in total. The van der Waals surface area contributed by atoms with Crippen LogP contribution in [0.5, 0.6) is 5.75 Å². The maximum absolute atomic E-state index is 12.8. The van der Waals surface area contributed by atoms with Crippen LogP contribution < -0.4 is 9.46 Å². The normalized spacial score (nSPS) is 14.4. The van der Waals surface area contributed by atoms with Crippen molar-refractivity contribution in [1.29, 1.82) is 0 Å². The molecule has 4 aromatic rings. The molecular formula is C26H30N4O3S. The molecule has 0 bridgehead atoms. The smallest absolute Gasteiger partial charge is 0.240 e. The second-order valence-corrected chi connectivity index (χ2v) is 11.0. The summed E-state index contributed by atoms with van der Waals surface area (Å²) in [5.41, 5.74) is 4.50. The molecule has 0 saturated heterocycles. The van der Waals surface area contributed by atoms with Crippen LogP contribution in [0.15, 0.2) is 53.6 Å². The van der Waals surface area contributed by atoms with Gasteiger partial charge in [0.1, 0.15) is 11.4 Å². The summed E-state index contributed by atoms with van der Waals surface area (Å²) in [6, 6.07) is 13.3. The van der Waals surface area contributed by atoms with Crippen molar-refractivity contribution in [2.75, 3.05) is 27.2 Å². The molecule has 0 aliphatic heterocycles. The molecule has 5 rings (SSSR count). The largest absolute Gasteiger partial charge is 0.491 e. The predicted octanol–water partition coefficient (Wildman–Crippen LogP) is 4.46. The standard InChI is InChI=1S/C26H30N4O3S/c1-17-14-22-24-21(18-6-4-7-20(15-18)34(31,32)29-19-8-9-19)10-11-23(33-13-5-12-30(2)3)25(24)28-26(22)27-16-17/h4,6-7,10-11,14-16,19,29H,5,8-9,12-13H2,1-3H3,(H,27,28). The van der Waals surface area contributed by atoms with E-state index in [1.807, 2.05) is 45.4 Å². The molecule has 0 unspecified atom stereocenters. The summed E-state index contributed by atoms with van der Waals surface area (Å²) in [5, 5.41) is 1.98. The average molecular weight is 479 g/mol. The van der Waals surface area contributed by atoms with Crippen LogP contribution in [0.1, 0.15) is 24.8 Å². The Morgan fingerprint density at radius 2 is 2.00 bits per heavy atom. The van der Waals surface area contributed by atoms with Crippen LogP contribution in [0.2, 0.25) is 0 Å². The fraction of sp³-hybridized carbons (Fsp3) is 0.346. The molecule has 0 spiro atoms. The third kappa shape index (κ3) is 4.66. The fourth-order valence-corrected chi connectivity index (χ4v) is 5.56. The lowest BCUT2D eigenvalue weighted by atomic mass is 9.99. The van der Waals surface area contributed by atoms with Gasteiger partial charge in [-0.3, -0.25) is 0 Å². The quantitative estimate of drug-likeness (QED) is 0.347. The van der Waals surface area contributed by atoms with Gasteiger partial charge in [0.2, 0.25) is 10.0 Å². The Labute approximate surface area is 200 Å². The van der Waals surface area contributed by atoms with Crippen molar-refractivity contribution in [2.24, 2.45) is 0 Å². The van der Waals surface area contributed by atoms with E-state index in [1.165, 1.54) is 0 Å². The summed E-state index contributed by atoms with van der Waals surface area (Å²) < 4.78 is 34.6. The van der Waals surface area contributed by atoms with Crippen molar-refractivity contribution in [1.82, 2.24) is 19.6 Å². The fourth-order valence-electron chi connectivity index (χ4n) is 4.21. The lowest BCUT2D eigenvalue weighted by molar-refractivity contribution is 0.284. The Morgan fingerprint density at radius 1 is 1.18 bits per heavy atom. The Hall–Kier alpha value is -2.94. The first-order chi connectivity index (χ1) is 16.3. The van der Waals surface area contributed by atoms with Crippen LogP contribution >= 0.6 is 0 Å². The molecule has 2 aromatic heterocycles. The second kappa shape index (κ2) is 9.02. The van der Waals surface area contributed by atoms with Crippen molar-refractivity contribution in [3.63, 3.8) is 0 Å². The molecule has 34 heavy (non-hydrogen) atoms. The first-order valence-electron chi connectivity index (χ1n) is 11.6. The first kappa shape index (κ1) is 22.8. The number of nitrogens with zero attached hydrogens (tertiary/aromatic N) is 2. The van der Waals surface area contributed by atoms with Crippen molar-refractivity contribution in [3.05, 3.63) is 54.2 Å². The molecular weight excluding hydrogens is 448 g/mol. The lowest BCUT2D eigenvalue weighted by Crippen LogP contribution is -2.25. The van der Waals surface area contributed by atoms with E-state index in [0.29, 0.717) is 6.61 Å². The number of aryl methyl sites for hydroxylation is 1. The van der Waals surface area contributed by atoms with Gasteiger partial charge in [0.15, 0.2) is 0 Å². The van der Waals surface area contributed by atoms with Gasteiger partial charge >= 0.3 is 0 Å². The Morgan fingerprint density at radius 3 is 2.76 bits per heavy atom. The molecule has 2 aromatic carbocycles. The molecule has 1 aliphatic carbocycles. The molecule has 2 N–H and O–H groups in total. The maximum Gasteiger partial charge on any atom is 0.240 e. The van der Waals surface area contributed by atoms with Crippen LogP contribution in [-0.4, -0.2) is 56.6 Å². The van der Waals surface area contributed by atoms with Gasteiger partial charge in [-0.25, -0.2) is 18.1 Å². The Kier molecular flexibility index (Phi) is 6.06. The van der Waals surface area contributed by atoms with E-state index in [9.17, 15) is 8.42 Å². The number of hydrogen-bond acceptors (Lipinski definition) is 5. The zero-order chi connectivity index (χ0) is 23.9. The van der Waals surface area contributed by atoms with Crippen LogP contribution in [0, 0.1) is 6.92 Å². The predicted molar refractivity (Wildman–Crippen MR) is 136 cm³/mol. The minimum atomic E-state index is -3.55. The third-order valence-electron chi connectivity index (χ3n) is 6.07. The van der Waals surface area contributed by atoms with E-state index in [-0.39, 0.29) is 10.9 Å². The number of aromatic nitrogens is 2. The number of hydrogen-bond donors (Lipinski definition) is 2. The number of fused-ring (bicyclic) bond motifs is 3. The van der Waals surface area contributed by atoms with Crippen LogP contribution in [0.4, 0.5) is 0 Å². The van der Waals surface area contributed by atoms with Gasteiger partial charge in [0, 0.05) is 29.6 Å². The lowest BCUT2D eigenvalue weighted by Gasteiger charge is -2.13. The zero-order valence-electron chi connectivity index (χ0n) is 19.8. The summed E-state index contributed by atoms with van der Waals surface area (Å²) in [4.78, 5) is 10.4. The molecule has 0 amide bonds. The van der Waals surface area contributed by atoms with Gasteiger partial charge < -0.3 is 14.6 Å². The van der Waals surface area contributed by atoms with E-state index in [2.05, 4.69) is 25.7 Å². The molecule has 1 saturated carbocycles. The van der Waals surface area contributed by atoms with Gasteiger partial charge in [-0.2, -0.15) is 0 Å². The van der Waals surface area contributed by atoms with Crippen LogP contribution in [0.3, 0.4) is 0 Å². The van der Waals surface area contributed by atoms with Crippen LogP contribution in [0.25, 0.3) is 33.1 Å². The van der Waals surface area contributed by atoms with Crippen molar-refractivity contribution in [3.8, 4) is 16.9 Å².